The Hall–Kier alpha value is -3.33. The van der Waals surface area contributed by atoms with Gasteiger partial charge >= 0.3 is 0 Å². The predicted molar refractivity (Wildman–Crippen MR) is 117 cm³/mol. The molecule has 0 atom stereocenters. The lowest BCUT2D eigenvalue weighted by Crippen LogP contribution is -2.19. The number of amides is 1. The number of fused-ring (bicyclic) bond motifs is 1. The van der Waals surface area contributed by atoms with Crippen LogP contribution in [0.4, 0.5) is 0 Å². The average Bonchev–Trinajstić information content (AvgIpc) is 2.72. The molecule has 1 heterocycles. The van der Waals surface area contributed by atoms with Crippen molar-refractivity contribution in [2.45, 2.75) is 4.90 Å². The summed E-state index contributed by atoms with van der Waals surface area (Å²) in [5.74, 6) is -0.573. The van der Waals surface area contributed by atoms with Crippen LogP contribution in [0.15, 0.2) is 84.7 Å². The number of hydrogen-bond donors (Lipinski definition) is 2. The number of hydrogen-bond acceptors (Lipinski definition) is 5. The summed E-state index contributed by atoms with van der Waals surface area (Å²) in [7, 11) is -3.94. The van der Waals surface area contributed by atoms with E-state index in [0.29, 0.717) is 11.3 Å². The van der Waals surface area contributed by atoms with Crippen molar-refractivity contribution in [3.05, 3.63) is 96.1 Å². The van der Waals surface area contributed by atoms with Crippen LogP contribution in [0.25, 0.3) is 16.5 Å². The smallest absolute Gasteiger partial charge is 0.256 e. The van der Waals surface area contributed by atoms with E-state index in [1.165, 1.54) is 24.7 Å². The van der Waals surface area contributed by atoms with Crippen molar-refractivity contribution >= 4 is 44.0 Å². The van der Waals surface area contributed by atoms with E-state index in [4.69, 9.17) is 16.7 Å². The summed E-state index contributed by atoms with van der Waals surface area (Å²) in [5.41, 5.74) is 2.20. The summed E-state index contributed by atoms with van der Waals surface area (Å²) in [6.07, 6.45) is 7.88. The fourth-order valence-electron chi connectivity index (χ4n) is 2.62. The second-order valence-corrected chi connectivity index (χ2v) is 8.11. The number of nitrogens with two attached hydrogens (primary N) is 1. The molecule has 152 valence electrons. The van der Waals surface area contributed by atoms with Crippen LogP contribution in [0.3, 0.4) is 0 Å². The van der Waals surface area contributed by atoms with Gasteiger partial charge in [-0.2, -0.15) is 0 Å². The van der Waals surface area contributed by atoms with Crippen LogP contribution in [0.1, 0.15) is 16.1 Å². The topological polar surface area (TPSA) is 115 Å². The molecule has 0 aliphatic carbocycles. The van der Waals surface area contributed by atoms with Gasteiger partial charge in [0.25, 0.3) is 5.91 Å². The normalized spacial score (nSPS) is 11.9. The quantitative estimate of drug-likeness (QED) is 0.569. The highest BCUT2D eigenvalue weighted by Gasteiger charge is 2.15. The number of nitrogens with one attached hydrogen (secondary N) is 1. The first kappa shape index (κ1) is 21.4. The summed E-state index contributed by atoms with van der Waals surface area (Å²) in [5, 5.41) is 8.59. The first-order valence-electron chi connectivity index (χ1n) is 8.63. The Balaban J connectivity index is 1.68. The average molecular weight is 441 g/mol. The zero-order valence-corrected chi connectivity index (χ0v) is 17.2. The highest BCUT2D eigenvalue weighted by atomic mass is 35.5. The van der Waals surface area contributed by atoms with E-state index in [-0.39, 0.29) is 15.5 Å². The molecule has 0 aliphatic heterocycles. The van der Waals surface area contributed by atoms with E-state index in [1.54, 1.807) is 18.2 Å². The summed E-state index contributed by atoms with van der Waals surface area (Å²) in [6.45, 7) is 4.02. The molecule has 3 N–H and O–H groups in total. The van der Waals surface area contributed by atoms with Crippen molar-refractivity contribution in [1.29, 1.82) is 0 Å². The molecule has 0 spiro atoms. The lowest BCUT2D eigenvalue weighted by molar-refractivity contribution is 0.0970. The van der Waals surface area contributed by atoms with E-state index >= 15 is 0 Å². The zero-order valence-electron chi connectivity index (χ0n) is 15.6. The van der Waals surface area contributed by atoms with E-state index < -0.39 is 15.9 Å². The van der Waals surface area contributed by atoms with Gasteiger partial charge in [0.05, 0.1) is 26.7 Å². The summed E-state index contributed by atoms with van der Waals surface area (Å²) in [6, 6.07) is 11.3. The number of allylic oxidation sites excluding steroid dienone is 4. The molecule has 0 fully saturated rings. The first-order chi connectivity index (χ1) is 14.3. The van der Waals surface area contributed by atoms with Crippen LogP contribution in [0.2, 0.25) is 5.02 Å². The summed E-state index contributed by atoms with van der Waals surface area (Å²) >= 11 is 5.98. The molecular formula is C21H17ClN4O3S. The molecule has 1 aromatic heterocycles. The Kier molecular flexibility index (Phi) is 6.41. The number of carbonyl (C=O) groups excluding carboxylic acids is 1. The molecular weight excluding hydrogens is 424 g/mol. The predicted octanol–water partition coefficient (Wildman–Crippen LogP) is 3.44. The minimum absolute atomic E-state index is 0.00585. The zero-order chi connectivity index (χ0) is 21.7. The maximum atomic E-state index is 12.3. The molecule has 0 radical (unpaired) electrons. The highest BCUT2D eigenvalue weighted by molar-refractivity contribution is 7.89. The molecule has 9 heteroatoms. The molecule has 30 heavy (non-hydrogen) atoms. The van der Waals surface area contributed by atoms with Crippen molar-refractivity contribution in [1.82, 2.24) is 15.3 Å². The number of primary sulfonamides is 1. The molecule has 0 unspecified atom stereocenters. The number of rotatable bonds is 6. The van der Waals surface area contributed by atoms with Gasteiger partial charge in [-0.1, -0.05) is 48.5 Å². The minimum atomic E-state index is -3.94. The van der Waals surface area contributed by atoms with E-state index in [9.17, 15) is 13.2 Å². The van der Waals surface area contributed by atoms with Crippen LogP contribution in [0.5, 0.6) is 0 Å². The molecule has 0 saturated heterocycles. The second kappa shape index (κ2) is 9.00. The maximum Gasteiger partial charge on any atom is 0.256 e. The van der Waals surface area contributed by atoms with Gasteiger partial charge in [0, 0.05) is 11.6 Å². The van der Waals surface area contributed by atoms with Gasteiger partial charge in [0.1, 0.15) is 6.33 Å². The molecule has 7 nitrogen and oxygen atoms in total. The monoisotopic (exact) mass is 440 g/mol. The largest absolute Gasteiger partial charge is 0.329 e. The van der Waals surface area contributed by atoms with Gasteiger partial charge in [0.2, 0.25) is 10.0 Å². The summed E-state index contributed by atoms with van der Waals surface area (Å²) in [4.78, 5) is 20.6. The van der Waals surface area contributed by atoms with Gasteiger partial charge < -0.3 is 5.32 Å². The lowest BCUT2D eigenvalue weighted by atomic mass is 10.1. The van der Waals surface area contributed by atoms with Gasteiger partial charge in [-0.05, 0) is 35.9 Å². The fourth-order valence-corrected chi connectivity index (χ4v) is 3.37. The summed E-state index contributed by atoms with van der Waals surface area (Å²) < 4.78 is 22.9. The third-order valence-electron chi connectivity index (χ3n) is 4.08. The number of carbonyl (C=O) groups is 1. The third kappa shape index (κ3) is 4.98. The SMILES string of the molecule is C=C(C=CC=CNC(=O)c1cc(S(N)(=O)=O)ccc1Cl)c1ncnc2ccccc12. The van der Waals surface area contributed by atoms with Crippen LogP contribution < -0.4 is 10.5 Å². The van der Waals surface area contributed by atoms with Crippen LogP contribution >= 0.6 is 11.6 Å². The van der Waals surface area contributed by atoms with E-state index in [2.05, 4.69) is 21.9 Å². The number of aromatic nitrogens is 2. The second-order valence-electron chi connectivity index (χ2n) is 6.14. The Bertz CT molecular complexity index is 1300. The molecule has 0 aliphatic rings. The van der Waals surface area contributed by atoms with Crippen molar-refractivity contribution < 1.29 is 13.2 Å². The van der Waals surface area contributed by atoms with Crippen molar-refractivity contribution in [3.63, 3.8) is 0 Å². The maximum absolute atomic E-state index is 12.3. The number of nitrogens with zero attached hydrogens (tertiary/aromatic N) is 2. The Morgan fingerprint density at radius 3 is 2.67 bits per heavy atom. The van der Waals surface area contributed by atoms with Crippen LogP contribution in [0, 0.1) is 0 Å². The molecule has 3 rings (SSSR count). The minimum Gasteiger partial charge on any atom is -0.329 e. The Morgan fingerprint density at radius 2 is 1.90 bits per heavy atom. The van der Waals surface area contributed by atoms with Crippen molar-refractivity contribution in [3.8, 4) is 0 Å². The molecule has 0 saturated carbocycles. The number of sulfonamides is 1. The standard InChI is InChI=1S/C21H17ClN4O3S/c1-14(20-16-7-2-3-8-19(16)25-13-26-20)6-4-5-11-24-21(27)17-12-15(30(23,28)29)9-10-18(17)22/h2-13H,1H2,(H,24,27)(H2,23,28,29). The van der Waals surface area contributed by atoms with E-state index in [0.717, 1.165) is 17.0 Å². The first-order valence-corrected chi connectivity index (χ1v) is 10.6. The number of para-hydroxylation sites is 1. The Morgan fingerprint density at radius 1 is 1.13 bits per heavy atom. The van der Waals surface area contributed by atoms with Gasteiger partial charge in [-0.25, -0.2) is 23.5 Å². The molecule has 0 bridgehead atoms. The van der Waals surface area contributed by atoms with Gasteiger partial charge in [0.15, 0.2) is 0 Å². The molecule has 1 amide bonds. The van der Waals surface area contributed by atoms with Crippen molar-refractivity contribution in [2.24, 2.45) is 5.14 Å². The molecule has 3 aromatic rings. The fraction of sp³-hybridized carbons (Fsp3) is 0. The van der Waals surface area contributed by atoms with Crippen LogP contribution in [-0.2, 0) is 10.0 Å². The number of halogens is 1. The third-order valence-corrected chi connectivity index (χ3v) is 5.32. The lowest BCUT2D eigenvalue weighted by Gasteiger charge is -2.05. The van der Waals surface area contributed by atoms with Crippen molar-refractivity contribution in [2.75, 3.05) is 0 Å². The van der Waals surface area contributed by atoms with E-state index in [1.807, 2.05) is 24.3 Å². The highest BCUT2D eigenvalue weighted by Crippen LogP contribution is 2.21. The van der Waals surface area contributed by atoms with Gasteiger partial charge in [-0.3, -0.25) is 4.79 Å². The molecule has 2 aromatic carbocycles. The Labute approximate surface area is 178 Å². The number of benzene rings is 2. The van der Waals surface area contributed by atoms with Gasteiger partial charge in [-0.15, -0.1) is 0 Å². The van der Waals surface area contributed by atoms with Crippen LogP contribution in [-0.4, -0.2) is 24.3 Å².